The van der Waals surface area contributed by atoms with Gasteiger partial charge in [0.25, 0.3) is 10.5 Å². The lowest BCUT2D eigenvalue weighted by Gasteiger charge is -2.09. The van der Waals surface area contributed by atoms with Crippen molar-refractivity contribution in [2.45, 2.75) is 0 Å². The van der Waals surface area contributed by atoms with Crippen LogP contribution in [0.25, 0.3) is 0 Å². The van der Waals surface area contributed by atoms with E-state index in [0.29, 0.717) is 88.7 Å². The lowest BCUT2D eigenvalue weighted by molar-refractivity contribution is -0.00699. The van der Waals surface area contributed by atoms with E-state index in [4.69, 9.17) is 51.6 Å². The van der Waals surface area contributed by atoms with Gasteiger partial charge in [-0.3, -0.25) is 9.59 Å². The quantitative estimate of drug-likeness (QED) is 0.205. The summed E-state index contributed by atoms with van der Waals surface area (Å²) in [5, 5.41) is -0.996. The molecule has 0 saturated heterocycles. The molecule has 2 rings (SSSR count). The van der Waals surface area contributed by atoms with E-state index in [2.05, 4.69) is 0 Å². The zero-order valence-electron chi connectivity index (χ0n) is 18.7. The highest BCUT2D eigenvalue weighted by Crippen LogP contribution is 2.14. The molecule has 0 amide bonds. The molecule has 0 N–H and O–H groups in total. The van der Waals surface area contributed by atoms with Crippen LogP contribution in [0.3, 0.4) is 0 Å². The molecule has 0 atom stereocenters. The van der Waals surface area contributed by atoms with Crippen molar-refractivity contribution in [2.75, 3.05) is 66.1 Å². The Hall–Kier alpha value is -2.20. The van der Waals surface area contributed by atoms with Gasteiger partial charge in [0.1, 0.15) is 24.7 Å². The first kappa shape index (κ1) is 28.0. The molecule has 0 unspecified atom stereocenters. The topological polar surface area (TPSA) is 89.5 Å². The summed E-state index contributed by atoms with van der Waals surface area (Å²) in [6.07, 6.45) is 0. The van der Waals surface area contributed by atoms with Gasteiger partial charge >= 0.3 is 0 Å². The highest BCUT2D eigenvalue weighted by atomic mass is 35.5. The van der Waals surface area contributed by atoms with Gasteiger partial charge in [-0.1, -0.05) is 0 Å². The van der Waals surface area contributed by atoms with Gasteiger partial charge in [-0.25, -0.2) is 0 Å². The molecule has 186 valence electrons. The molecule has 2 aromatic rings. The minimum Gasteiger partial charge on any atom is -0.491 e. The fourth-order valence-electron chi connectivity index (χ4n) is 2.56. The van der Waals surface area contributed by atoms with Gasteiger partial charge in [0, 0.05) is 11.1 Å². The predicted octanol–water partition coefficient (Wildman–Crippen LogP) is 3.97. The van der Waals surface area contributed by atoms with Crippen LogP contribution in [0.1, 0.15) is 20.7 Å². The molecular formula is C24H28Cl2O8. The smallest absolute Gasteiger partial charge is 0.252 e. The first-order valence-corrected chi connectivity index (χ1v) is 11.5. The fourth-order valence-corrected chi connectivity index (χ4v) is 2.82. The molecule has 34 heavy (non-hydrogen) atoms. The largest absolute Gasteiger partial charge is 0.491 e. The van der Waals surface area contributed by atoms with E-state index in [0.717, 1.165) is 0 Å². The molecule has 0 aliphatic carbocycles. The lowest BCUT2D eigenvalue weighted by atomic mass is 10.2. The zero-order chi connectivity index (χ0) is 24.4. The van der Waals surface area contributed by atoms with Crippen LogP contribution in [0.15, 0.2) is 48.5 Å². The Labute approximate surface area is 208 Å². The first-order chi connectivity index (χ1) is 16.6. The fraction of sp³-hybridized carbons (Fsp3) is 0.417. The van der Waals surface area contributed by atoms with E-state index < -0.39 is 10.5 Å². The molecule has 0 fully saturated rings. The molecule has 0 spiro atoms. The number of ether oxygens (including phenoxy) is 6. The predicted molar refractivity (Wildman–Crippen MR) is 128 cm³/mol. The molecule has 0 bridgehead atoms. The molecule has 0 saturated carbocycles. The second kappa shape index (κ2) is 17.3. The van der Waals surface area contributed by atoms with Crippen LogP contribution >= 0.6 is 23.2 Å². The monoisotopic (exact) mass is 514 g/mol. The maximum Gasteiger partial charge on any atom is 0.252 e. The second-order valence-electron chi connectivity index (χ2n) is 6.74. The minimum absolute atomic E-state index is 0.392. The normalized spacial score (nSPS) is 10.8. The van der Waals surface area contributed by atoms with Gasteiger partial charge in [-0.2, -0.15) is 0 Å². The number of hydrogen-bond donors (Lipinski definition) is 0. The third-order valence-corrected chi connectivity index (χ3v) is 4.71. The number of benzene rings is 2. The summed E-state index contributed by atoms with van der Waals surface area (Å²) in [7, 11) is 0. The SMILES string of the molecule is O=C(Cl)c1ccc(OCCOCCOCCOCCOCCOc2ccc(C(=O)Cl)cc2)cc1. The van der Waals surface area contributed by atoms with Crippen molar-refractivity contribution < 1.29 is 38.0 Å². The number of carbonyl (C=O) groups is 2. The Bertz CT molecular complexity index is 772. The maximum atomic E-state index is 11.0. The zero-order valence-corrected chi connectivity index (χ0v) is 20.2. The van der Waals surface area contributed by atoms with Crippen LogP contribution in [0.4, 0.5) is 0 Å². The van der Waals surface area contributed by atoms with E-state index in [1.807, 2.05) is 0 Å². The standard InChI is InChI=1S/C24H28Cl2O8/c25-23(27)19-1-5-21(6-2-19)33-17-15-31-13-11-29-9-10-30-12-14-32-16-18-34-22-7-3-20(4-8-22)24(26)28/h1-8H,9-18H2. The van der Waals surface area contributed by atoms with Crippen molar-refractivity contribution >= 4 is 33.7 Å². The highest BCUT2D eigenvalue weighted by Gasteiger charge is 2.02. The van der Waals surface area contributed by atoms with Gasteiger partial charge in [0.05, 0.1) is 52.9 Å². The molecule has 0 aliphatic rings. The lowest BCUT2D eigenvalue weighted by Crippen LogP contribution is -2.14. The molecule has 0 radical (unpaired) electrons. The Morgan fingerprint density at radius 2 is 0.735 bits per heavy atom. The van der Waals surface area contributed by atoms with Crippen LogP contribution in [0.5, 0.6) is 11.5 Å². The molecule has 0 aromatic heterocycles. The van der Waals surface area contributed by atoms with Crippen LogP contribution in [0.2, 0.25) is 0 Å². The van der Waals surface area contributed by atoms with E-state index >= 15 is 0 Å². The number of rotatable bonds is 19. The van der Waals surface area contributed by atoms with Crippen molar-refractivity contribution in [1.29, 1.82) is 0 Å². The van der Waals surface area contributed by atoms with Gasteiger partial charge in [0.15, 0.2) is 0 Å². The Balaban J connectivity index is 1.31. The molecular weight excluding hydrogens is 487 g/mol. The minimum atomic E-state index is -0.498. The average Bonchev–Trinajstić information content (AvgIpc) is 2.84. The van der Waals surface area contributed by atoms with Crippen molar-refractivity contribution in [3.8, 4) is 11.5 Å². The van der Waals surface area contributed by atoms with Crippen LogP contribution in [-0.2, 0) is 18.9 Å². The third kappa shape index (κ3) is 12.3. The van der Waals surface area contributed by atoms with Gasteiger partial charge < -0.3 is 28.4 Å². The van der Waals surface area contributed by atoms with Gasteiger partial charge in [0.2, 0.25) is 0 Å². The van der Waals surface area contributed by atoms with E-state index in [1.165, 1.54) is 0 Å². The van der Waals surface area contributed by atoms with Crippen molar-refractivity contribution in [3.63, 3.8) is 0 Å². The molecule has 0 heterocycles. The highest BCUT2D eigenvalue weighted by molar-refractivity contribution is 6.68. The summed E-state index contributed by atoms with van der Waals surface area (Å²) in [5.41, 5.74) is 0.853. The molecule has 10 heteroatoms. The first-order valence-electron chi connectivity index (χ1n) is 10.7. The number of hydrogen-bond acceptors (Lipinski definition) is 8. The Morgan fingerprint density at radius 3 is 1.00 bits per heavy atom. The summed E-state index contributed by atoms with van der Waals surface area (Å²) in [6.45, 7) is 4.41. The van der Waals surface area contributed by atoms with Crippen molar-refractivity contribution in [1.82, 2.24) is 0 Å². The average molecular weight is 515 g/mol. The molecule has 8 nitrogen and oxygen atoms in total. The van der Waals surface area contributed by atoms with E-state index in [1.54, 1.807) is 48.5 Å². The van der Waals surface area contributed by atoms with E-state index in [-0.39, 0.29) is 0 Å². The maximum absolute atomic E-state index is 11.0. The van der Waals surface area contributed by atoms with Gasteiger partial charge in [-0.05, 0) is 71.7 Å². The van der Waals surface area contributed by atoms with Crippen LogP contribution in [0, 0.1) is 0 Å². The van der Waals surface area contributed by atoms with Crippen molar-refractivity contribution in [2.24, 2.45) is 0 Å². The second-order valence-corrected chi connectivity index (χ2v) is 7.43. The molecule has 2 aromatic carbocycles. The number of halogens is 2. The summed E-state index contributed by atoms with van der Waals surface area (Å²) < 4.78 is 32.7. The summed E-state index contributed by atoms with van der Waals surface area (Å²) in [5.74, 6) is 1.29. The van der Waals surface area contributed by atoms with E-state index in [9.17, 15) is 9.59 Å². The Morgan fingerprint density at radius 1 is 0.471 bits per heavy atom. The van der Waals surface area contributed by atoms with Crippen molar-refractivity contribution in [3.05, 3.63) is 59.7 Å². The number of carbonyl (C=O) groups excluding carboxylic acids is 2. The summed E-state index contributed by atoms with van der Waals surface area (Å²) in [4.78, 5) is 22.0. The van der Waals surface area contributed by atoms with Crippen LogP contribution < -0.4 is 9.47 Å². The van der Waals surface area contributed by atoms with Crippen LogP contribution in [-0.4, -0.2) is 76.6 Å². The summed E-state index contributed by atoms with van der Waals surface area (Å²) >= 11 is 10.8. The Kier molecular flexibility index (Phi) is 14.2. The van der Waals surface area contributed by atoms with Gasteiger partial charge in [-0.15, -0.1) is 0 Å². The summed E-state index contributed by atoms with van der Waals surface area (Å²) in [6, 6.07) is 13.2. The molecule has 0 aliphatic heterocycles. The third-order valence-electron chi connectivity index (χ3n) is 4.27.